The SMILES string of the molecule is N#CC#CCN. The highest BCUT2D eigenvalue weighted by molar-refractivity contribution is 5.16. The van der Waals surface area contributed by atoms with Gasteiger partial charge in [0, 0.05) is 5.92 Å². The Morgan fingerprint density at radius 1 is 1.67 bits per heavy atom. The summed E-state index contributed by atoms with van der Waals surface area (Å²) in [6, 6.07) is 1.63. The molecule has 0 aromatic carbocycles. The van der Waals surface area contributed by atoms with Crippen molar-refractivity contribution >= 4 is 0 Å². The number of hydrogen-bond acceptors (Lipinski definition) is 2. The zero-order valence-corrected chi connectivity index (χ0v) is 3.23. The number of rotatable bonds is 0. The van der Waals surface area contributed by atoms with Crippen molar-refractivity contribution in [2.24, 2.45) is 5.73 Å². The molecule has 2 N–H and O–H groups in total. The quantitative estimate of drug-likeness (QED) is 0.398. The average molecular weight is 80.1 g/mol. The predicted molar refractivity (Wildman–Crippen MR) is 22.4 cm³/mol. The van der Waals surface area contributed by atoms with E-state index in [1.807, 2.05) is 0 Å². The van der Waals surface area contributed by atoms with Gasteiger partial charge in [-0.2, -0.15) is 5.26 Å². The first-order valence-corrected chi connectivity index (χ1v) is 1.49. The van der Waals surface area contributed by atoms with Crippen molar-refractivity contribution < 1.29 is 0 Å². The van der Waals surface area contributed by atoms with Gasteiger partial charge in [0.25, 0.3) is 0 Å². The van der Waals surface area contributed by atoms with Crippen molar-refractivity contribution in [3.05, 3.63) is 0 Å². The smallest absolute Gasteiger partial charge is 0.152 e. The third-order valence-electron chi connectivity index (χ3n) is 0.246. The zero-order chi connectivity index (χ0) is 4.83. The fraction of sp³-hybridized carbons (Fsp3) is 0.250. The lowest BCUT2D eigenvalue weighted by Crippen LogP contribution is -1.92. The van der Waals surface area contributed by atoms with Gasteiger partial charge in [0.2, 0.25) is 0 Å². The highest BCUT2D eigenvalue weighted by Gasteiger charge is 1.52. The van der Waals surface area contributed by atoms with Crippen molar-refractivity contribution in [2.75, 3.05) is 6.54 Å². The van der Waals surface area contributed by atoms with E-state index in [4.69, 9.17) is 11.0 Å². The van der Waals surface area contributed by atoms with Gasteiger partial charge in [-0.25, -0.2) is 0 Å². The molecule has 0 aliphatic carbocycles. The first-order chi connectivity index (χ1) is 2.91. The Kier molecular flexibility index (Phi) is 3.35. The van der Waals surface area contributed by atoms with Crippen LogP contribution in [-0.2, 0) is 0 Å². The summed E-state index contributed by atoms with van der Waals surface area (Å²) in [5, 5.41) is 7.72. The maximum atomic E-state index is 7.72. The van der Waals surface area contributed by atoms with Crippen LogP contribution in [0.2, 0.25) is 0 Å². The molecule has 30 valence electrons. The molecular formula is C4H4N2. The Balaban J connectivity index is 3.22. The van der Waals surface area contributed by atoms with E-state index in [0.717, 1.165) is 0 Å². The standard InChI is InChI=1S/C4H4N2/c5-3-1-2-4-6/h3,5H2. The van der Waals surface area contributed by atoms with Gasteiger partial charge in [0.1, 0.15) is 0 Å². The second-order valence-corrected chi connectivity index (χ2v) is 0.618. The van der Waals surface area contributed by atoms with Gasteiger partial charge in [-0.05, 0) is 0 Å². The Morgan fingerprint density at radius 2 is 2.33 bits per heavy atom. The minimum atomic E-state index is 0.271. The Bertz CT molecular complexity index is 110. The second kappa shape index (κ2) is 4.01. The normalized spacial score (nSPS) is 4.67. The molecule has 0 aliphatic heterocycles. The zero-order valence-electron chi connectivity index (χ0n) is 3.23. The van der Waals surface area contributed by atoms with Gasteiger partial charge in [0.05, 0.1) is 6.54 Å². The molecule has 0 unspecified atom stereocenters. The van der Waals surface area contributed by atoms with Gasteiger partial charge >= 0.3 is 0 Å². The molecule has 0 bridgehead atoms. The van der Waals surface area contributed by atoms with E-state index in [1.54, 1.807) is 6.07 Å². The third kappa shape index (κ3) is 3.01. The fourth-order valence-corrected chi connectivity index (χ4v) is 0.0906. The molecule has 0 aromatic rings. The van der Waals surface area contributed by atoms with Crippen molar-refractivity contribution in [3.63, 3.8) is 0 Å². The third-order valence-corrected chi connectivity index (χ3v) is 0.246. The van der Waals surface area contributed by atoms with Gasteiger partial charge < -0.3 is 5.73 Å². The van der Waals surface area contributed by atoms with E-state index < -0.39 is 0 Å². The molecule has 0 atom stereocenters. The summed E-state index contributed by atoms with van der Waals surface area (Å²) in [5.74, 6) is 4.49. The molecule has 0 heterocycles. The molecule has 0 aromatic heterocycles. The lowest BCUT2D eigenvalue weighted by Gasteiger charge is -1.59. The van der Waals surface area contributed by atoms with Crippen LogP contribution in [0.1, 0.15) is 0 Å². The van der Waals surface area contributed by atoms with Crippen molar-refractivity contribution in [1.82, 2.24) is 0 Å². The molecular weight excluding hydrogens is 76.1 g/mol. The summed E-state index contributed by atoms with van der Waals surface area (Å²) in [6.07, 6.45) is 0. The van der Waals surface area contributed by atoms with E-state index in [1.165, 1.54) is 0 Å². The molecule has 0 aliphatic rings. The minimum absolute atomic E-state index is 0.271. The van der Waals surface area contributed by atoms with Crippen molar-refractivity contribution in [2.45, 2.75) is 0 Å². The van der Waals surface area contributed by atoms with Crippen LogP contribution in [0.3, 0.4) is 0 Å². The Labute approximate surface area is 36.6 Å². The van der Waals surface area contributed by atoms with E-state index in [9.17, 15) is 0 Å². The average Bonchev–Trinajstić information content (AvgIpc) is 1.61. The number of nitrogens with zero attached hydrogens (tertiary/aromatic N) is 1. The van der Waals surface area contributed by atoms with E-state index in [2.05, 4.69) is 11.8 Å². The molecule has 0 amide bonds. The van der Waals surface area contributed by atoms with Crippen LogP contribution in [0.4, 0.5) is 0 Å². The van der Waals surface area contributed by atoms with Gasteiger partial charge in [-0.3, -0.25) is 0 Å². The van der Waals surface area contributed by atoms with Gasteiger partial charge in [0.15, 0.2) is 6.07 Å². The predicted octanol–water partition coefficient (Wildman–Crippen LogP) is -0.528. The summed E-state index contributed by atoms with van der Waals surface area (Å²) < 4.78 is 0. The molecule has 0 saturated carbocycles. The van der Waals surface area contributed by atoms with Crippen LogP contribution < -0.4 is 5.73 Å². The molecule has 0 rings (SSSR count). The summed E-state index contributed by atoms with van der Waals surface area (Å²) in [4.78, 5) is 0. The molecule has 2 nitrogen and oxygen atoms in total. The summed E-state index contributed by atoms with van der Waals surface area (Å²) >= 11 is 0. The van der Waals surface area contributed by atoms with Crippen LogP contribution in [0, 0.1) is 23.2 Å². The first kappa shape index (κ1) is 5.01. The first-order valence-electron chi connectivity index (χ1n) is 1.49. The molecule has 0 radical (unpaired) electrons. The Morgan fingerprint density at radius 3 is 2.50 bits per heavy atom. The topological polar surface area (TPSA) is 49.8 Å². The van der Waals surface area contributed by atoms with Crippen LogP contribution in [0.25, 0.3) is 0 Å². The lowest BCUT2D eigenvalue weighted by molar-refractivity contribution is 1.30. The molecule has 0 saturated heterocycles. The molecule has 6 heavy (non-hydrogen) atoms. The van der Waals surface area contributed by atoms with Gasteiger partial charge in [-0.15, -0.1) is 0 Å². The highest BCUT2D eigenvalue weighted by Crippen LogP contribution is 1.42. The molecule has 0 fully saturated rings. The number of nitriles is 1. The largest absolute Gasteiger partial charge is 0.320 e. The van der Waals surface area contributed by atoms with Crippen LogP contribution in [0.5, 0.6) is 0 Å². The van der Waals surface area contributed by atoms with E-state index >= 15 is 0 Å². The van der Waals surface area contributed by atoms with Crippen molar-refractivity contribution in [1.29, 1.82) is 5.26 Å². The lowest BCUT2D eigenvalue weighted by atomic mass is 10.6. The van der Waals surface area contributed by atoms with Gasteiger partial charge in [-0.1, -0.05) is 5.92 Å². The Hall–Kier alpha value is -0.990. The molecule has 0 spiro atoms. The van der Waals surface area contributed by atoms with Crippen LogP contribution in [0.15, 0.2) is 0 Å². The maximum Gasteiger partial charge on any atom is 0.152 e. The molecule has 2 heteroatoms. The summed E-state index contributed by atoms with van der Waals surface area (Å²) in [5.41, 5.74) is 4.89. The minimum Gasteiger partial charge on any atom is -0.320 e. The summed E-state index contributed by atoms with van der Waals surface area (Å²) in [6.45, 7) is 0.271. The second-order valence-electron chi connectivity index (χ2n) is 0.618. The monoisotopic (exact) mass is 80.0 g/mol. The number of hydrogen-bond donors (Lipinski definition) is 1. The fourth-order valence-electron chi connectivity index (χ4n) is 0.0906. The maximum absolute atomic E-state index is 7.72. The van der Waals surface area contributed by atoms with Crippen molar-refractivity contribution in [3.8, 4) is 17.9 Å². The van der Waals surface area contributed by atoms with Crippen LogP contribution in [-0.4, -0.2) is 6.54 Å². The summed E-state index contributed by atoms with van der Waals surface area (Å²) in [7, 11) is 0. The van der Waals surface area contributed by atoms with E-state index in [-0.39, 0.29) is 6.54 Å². The van der Waals surface area contributed by atoms with Crippen LogP contribution >= 0.6 is 0 Å². The highest BCUT2D eigenvalue weighted by atomic mass is 14.5. The van der Waals surface area contributed by atoms with E-state index in [0.29, 0.717) is 0 Å². The number of nitrogens with two attached hydrogens (primary N) is 1.